The lowest BCUT2D eigenvalue weighted by Crippen LogP contribution is -2.18. The fourth-order valence-electron chi connectivity index (χ4n) is 2.69. The lowest BCUT2D eigenvalue weighted by molar-refractivity contribution is 0.102. The van der Waals surface area contributed by atoms with E-state index in [1.165, 1.54) is 6.33 Å². The Kier molecular flexibility index (Phi) is 3.09. The number of aromatic nitrogens is 4. The molecule has 3 aromatic heterocycles. The molecule has 3 heterocycles. The van der Waals surface area contributed by atoms with Crippen molar-refractivity contribution in [3.63, 3.8) is 0 Å². The molecule has 2 N–H and O–H groups in total. The Balaban J connectivity index is 1.76. The summed E-state index contributed by atoms with van der Waals surface area (Å²) in [7, 11) is 1.79. The van der Waals surface area contributed by atoms with E-state index in [9.17, 15) is 4.79 Å². The highest BCUT2D eigenvalue weighted by Crippen LogP contribution is 2.40. The predicted molar refractivity (Wildman–Crippen MR) is 89.0 cm³/mol. The van der Waals surface area contributed by atoms with Gasteiger partial charge in [0.25, 0.3) is 5.91 Å². The van der Waals surface area contributed by atoms with Crippen LogP contribution in [0.2, 0.25) is 0 Å². The lowest BCUT2D eigenvalue weighted by Gasteiger charge is -2.13. The van der Waals surface area contributed by atoms with Crippen molar-refractivity contribution in [2.45, 2.75) is 32.2 Å². The SMILES string of the molecule is Cc1oc2ncnc(NC3(C)CC3)c2c1C(=O)Nc1cnn(C)c1. The van der Waals surface area contributed by atoms with Crippen molar-refractivity contribution in [2.75, 3.05) is 10.6 Å². The maximum Gasteiger partial charge on any atom is 0.260 e. The van der Waals surface area contributed by atoms with E-state index in [0.717, 1.165) is 12.8 Å². The van der Waals surface area contributed by atoms with Gasteiger partial charge >= 0.3 is 0 Å². The average Bonchev–Trinajstić information content (AvgIpc) is 2.94. The fourth-order valence-corrected chi connectivity index (χ4v) is 2.69. The molecule has 24 heavy (non-hydrogen) atoms. The van der Waals surface area contributed by atoms with Gasteiger partial charge in [-0.3, -0.25) is 9.48 Å². The molecule has 8 heteroatoms. The highest BCUT2D eigenvalue weighted by atomic mass is 16.3. The van der Waals surface area contributed by atoms with Gasteiger partial charge in [-0.2, -0.15) is 5.10 Å². The first-order valence-corrected chi connectivity index (χ1v) is 7.77. The lowest BCUT2D eigenvalue weighted by atomic mass is 10.1. The Morgan fingerprint density at radius 1 is 1.38 bits per heavy atom. The molecule has 4 rings (SSSR count). The Morgan fingerprint density at radius 2 is 2.17 bits per heavy atom. The molecular weight excluding hydrogens is 308 g/mol. The maximum atomic E-state index is 12.8. The zero-order valence-corrected chi connectivity index (χ0v) is 13.8. The van der Waals surface area contributed by atoms with Crippen molar-refractivity contribution in [1.29, 1.82) is 0 Å². The van der Waals surface area contributed by atoms with Crippen LogP contribution in [0, 0.1) is 6.92 Å². The van der Waals surface area contributed by atoms with Crippen LogP contribution in [0.3, 0.4) is 0 Å². The van der Waals surface area contributed by atoms with Crippen LogP contribution < -0.4 is 10.6 Å². The first-order valence-electron chi connectivity index (χ1n) is 7.77. The largest absolute Gasteiger partial charge is 0.442 e. The molecular formula is C16H18N6O2. The molecule has 124 valence electrons. The zero-order chi connectivity index (χ0) is 16.9. The Bertz CT molecular complexity index is 937. The second-order valence-electron chi connectivity index (χ2n) is 6.48. The Labute approximate surface area is 138 Å². The van der Waals surface area contributed by atoms with Gasteiger partial charge in [-0.25, -0.2) is 9.97 Å². The summed E-state index contributed by atoms with van der Waals surface area (Å²) in [6.07, 6.45) is 6.92. The van der Waals surface area contributed by atoms with E-state index in [0.29, 0.717) is 33.9 Å². The molecule has 0 saturated heterocycles. The quantitative estimate of drug-likeness (QED) is 0.764. The molecule has 1 aliphatic carbocycles. The smallest absolute Gasteiger partial charge is 0.260 e. The van der Waals surface area contributed by atoms with Gasteiger partial charge in [0.2, 0.25) is 5.71 Å². The van der Waals surface area contributed by atoms with Crippen molar-refractivity contribution in [1.82, 2.24) is 19.7 Å². The molecule has 0 radical (unpaired) electrons. The number of hydrogen-bond acceptors (Lipinski definition) is 6. The summed E-state index contributed by atoms with van der Waals surface area (Å²) in [5, 5.41) is 10.9. The second-order valence-corrected chi connectivity index (χ2v) is 6.48. The second kappa shape index (κ2) is 5.05. The summed E-state index contributed by atoms with van der Waals surface area (Å²) < 4.78 is 7.29. The number of nitrogens with zero attached hydrogens (tertiary/aromatic N) is 4. The summed E-state index contributed by atoms with van der Waals surface area (Å²) in [5.74, 6) is 0.877. The van der Waals surface area contributed by atoms with Crippen molar-refractivity contribution in [3.8, 4) is 0 Å². The van der Waals surface area contributed by atoms with Crippen LogP contribution in [0.4, 0.5) is 11.5 Å². The van der Waals surface area contributed by atoms with Gasteiger partial charge < -0.3 is 15.1 Å². The topological polar surface area (TPSA) is 97.9 Å². The highest BCUT2D eigenvalue weighted by Gasteiger charge is 2.38. The van der Waals surface area contributed by atoms with E-state index in [2.05, 4.69) is 32.6 Å². The summed E-state index contributed by atoms with van der Waals surface area (Å²) in [5.41, 5.74) is 1.51. The number of fused-ring (bicyclic) bond motifs is 1. The van der Waals surface area contributed by atoms with Crippen molar-refractivity contribution in [2.24, 2.45) is 7.05 Å². The third-order valence-corrected chi connectivity index (χ3v) is 4.27. The number of nitrogens with one attached hydrogen (secondary N) is 2. The van der Waals surface area contributed by atoms with Gasteiger partial charge in [-0.05, 0) is 26.7 Å². The molecule has 0 aliphatic heterocycles. The van der Waals surface area contributed by atoms with E-state index in [1.54, 1.807) is 31.0 Å². The third kappa shape index (κ3) is 2.49. The average molecular weight is 326 g/mol. The maximum absolute atomic E-state index is 12.8. The number of anilines is 2. The molecule has 8 nitrogen and oxygen atoms in total. The highest BCUT2D eigenvalue weighted by molar-refractivity contribution is 6.15. The molecule has 1 saturated carbocycles. The normalized spacial score (nSPS) is 15.5. The number of hydrogen-bond donors (Lipinski definition) is 2. The number of aryl methyl sites for hydroxylation is 2. The Morgan fingerprint density at radius 3 is 2.83 bits per heavy atom. The third-order valence-electron chi connectivity index (χ3n) is 4.27. The minimum absolute atomic E-state index is 0.0313. The number of amides is 1. The molecule has 1 amide bonds. The van der Waals surface area contributed by atoms with E-state index in [-0.39, 0.29) is 11.4 Å². The van der Waals surface area contributed by atoms with Gasteiger partial charge in [-0.1, -0.05) is 0 Å². The standard InChI is InChI=1S/C16H18N6O2/c1-9-11(14(23)20-10-6-19-22(3)7-10)12-13(21-16(2)4-5-16)17-8-18-15(12)24-9/h6-8H,4-5H2,1-3H3,(H,20,23)(H,17,18,21). The van der Waals surface area contributed by atoms with E-state index >= 15 is 0 Å². The molecule has 1 aliphatic rings. The molecule has 3 aromatic rings. The summed E-state index contributed by atoms with van der Waals surface area (Å²) in [4.78, 5) is 21.2. The Hall–Kier alpha value is -2.90. The molecule has 0 aromatic carbocycles. The number of furan rings is 1. The van der Waals surface area contributed by atoms with Crippen molar-refractivity contribution in [3.05, 3.63) is 30.0 Å². The van der Waals surface area contributed by atoms with Crippen LogP contribution in [0.1, 0.15) is 35.9 Å². The minimum atomic E-state index is -0.266. The van der Waals surface area contributed by atoms with Crippen LogP contribution in [-0.4, -0.2) is 31.2 Å². The van der Waals surface area contributed by atoms with Gasteiger partial charge in [0.15, 0.2) is 0 Å². The summed E-state index contributed by atoms with van der Waals surface area (Å²) in [6, 6.07) is 0. The van der Waals surface area contributed by atoms with E-state index in [1.807, 2.05) is 0 Å². The van der Waals surface area contributed by atoms with Crippen LogP contribution in [0.15, 0.2) is 23.1 Å². The van der Waals surface area contributed by atoms with Gasteiger partial charge in [0, 0.05) is 18.8 Å². The predicted octanol–water partition coefficient (Wildman–Crippen LogP) is 2.48. The molecule has 1 fully saturated rings. The monoisotopic (exact) mass is 326 g/mol. The van der Waals surface area contributed by atoms with Crippen molar-refractivity contribution >= 4 is 28.5 Å². The molecule has 0 atom stereocenters. The molecule has 0 spiro atoms. The molecule has 0 bridgehead atoms. The van der Waals surface area contributed by atoms with Crippen LogP contribution in [0.5, 0.6) is 0 Å². The molecule has 0 unspecified atom stereocenters. The number of carbonyl (C=O) groups is 1. The zero-order valence-electron chi connectivity index (χ0n) is 13.8. The van der Waals surface area contributed by atoms with E-state index in [4.69, 9.17) is 4.42 Å². The van der Waals surface area contributed by atoms with Crippen LogP contribution in [0.25, 0.3) is 11.1 Å². The van der Waals surface area contributed by atoms with Crippen molar-refractivity contribution < 1.29 is 9.21 Å². The van der Waals surface area contributed by atoms with Crippen LogP contribution in [-0.2, 0) is 7.05 Å². The summed E-state index contributed by atoms with van der Waals surface area (Å²) >= 11 is 0. The first-order chi connectivity index (χ1) is 11.5. The first kappa shape index (κ1) is 14.7. The minimum Gasteiger partial charge on any atom is -0.442 e. The number of rotatable bonds is 4. The summed E-state index contributed by atoms with van der Waals surface area (Å²) in [6.45, 7) is 3.88. The number of carbonyl (C=O) groups excluding carboxylic acids is 1. The van der Waals surface area contributed by atoms with E-state index < -0.39 is 0 Å². The van der Waals surface area contributed by atoms with Gasteiger partial charge in [0.05, 0.1) is 22.8 Å². The fraction of sp³-hybridized carbons (Fsp3) is 0.375. The van der Waals surface area contributed by atoms with Gasteiger partial charge in [-0.15, -0.1) is 0 Å². The van der Waals surface area contributed by atoms with Crippen LogP contribution >= 0.6 is 0 Å². The van der Waals surface area contributed by atoms with Gasteiger partial charge in [0.1, 0.15) is 17.9 Å².